The number of hydrogen-bond acceptors (Lipinski definition) is 3. The molecule has 0 radical (unpaired) electrons. The summed E-state index contributed by atoms with van der Waals surface area (Å²) in [4.78, 5) is 24.9. The van der Waals surface area contributed by atoms with Crippen LogP contribution in [0.25, 0.3) is 10.8 Å². The van der Waals surface area contributed by atoms with E-state index in [1.165, 1.54) is 16.8 Å². The molecule has 28 heavy (non-hydrogen) atoms. The number of carbonyl (C=O) groups excluding carboxylic acids is 1. The summed E-state index contributed by atoms with van der Waals surface area (Å²) in [5.74, 6) is -0.353. The summed E-state index contributed by atoms with van der Waals surface area (Å²) in [6.45, 7) is 2.32. The summed E-state index contributed by atoms with van der Waals surface area (Å²) in [6, 6.07) is 24.3. The molecular weight excluding hydrogens is 350 g/mol. The molecule has 1 heterocycles. The van der Waals surface area contributed by atoms with E-state index in [0.29, 0.717) is 12.2 Å². The van der Waals surface area contributed by atoms with Gasteiger partial charge in [0.25, 0.3) is 11.5 Å². The Bertz CT molecular complexity index is 1210. The maximum absolute atomic E-state index is 12.7. The largest absolute Gasteiger partial charge is 0.320 e. The molecule has 0 atom stereocenters. The van der Waals surface area contributed by atoms with Crippen LogP contribution in [-0.4, -0.2) is 15.7 Å². The van der Waals surface area contributed by atoms with Crippen LogP contribution in [0.5, 0.6) is 0 Å². The van der Waals surface area contributed by atoms with Crippen LogP contribution in [0.3, 0.4) is 0 Å². The quantitative estimate of drug-likeness (QED) is 0.591. The van der Waals surface area contributed by atoms with Gasteiger partial charge in [-0.25, -0.2) is 4.68 Å². The lowest BCUT2D eigenvalue weighted by molar-refractivity contribution is 0.102. The fourth-order valence-corrected chi connectivity index (χ4v) is 3.07. The lowest BCUT2D eigenvalue weighted by Gasteiger charge is -2.10. The number of fused-ring (bicyclic) bond motifs is 1. The van der Waals surface area contributed by atoms with E-state index in [0.717, 1.165) is 21.9 Å². The van der Waals surface area contributed by atoms with Gasteiger partial charge in [0.15, 0.2) is 0 Å². The highest BCUT2D eigenvalue weighted by molar-refractivity contribution is 6.08. The molecule has 0 saturated heterocycles. The minimum atomic E-state index is -0.353. The Morgan fingerprint density at radius 2 is 1.68 bits per heavy atom. The Morgan fingerprint density at radius 3 is 2.50 bits per heavy atom. The molecular formula is C23H19N3O2. The predicted molar refractivity (Wildman–Crippen MR) is 111 cm³/mol. The molecule has 5 heteroatoms. The number of nitrogens with one attached hydrogen (secondary N) is 1. The minimum absolute atomic E-state index is 0.194. The van der Waals surface area contributed by atoms with E-state index in [1.807, 2.05) is 73.7 Å². The molecule has 0 aliphatic rings. The molecule has 0 saturated carbocycles. The summed E-state index contributed by atoms with van der Waals surface area (Å²) in [5, 5.41) is 9.15. The molecule has 0 aliphatic heterocycles. The Morgan fingerprint density at radius 1 is 0.929 bits per heavy atom. The Kier molecular flexibility index (Phi) is 4.72. The number of amides is 1. The van der Waals surface area contributed by atoms with E-state index >= 15 is 0 Å². The van der Waals surface area contributed by atoms with Gasteiger partial charge in [-0.2, -0.15) is 5.10 Å². The van der Waals surface area contributed by atoms with E-state index < -0.39 is 0 Å². The normalized spacial score (nSPS) is 10.8. The van der Waals surface area contributed by atoms with Crippen LogP contribution < -0.4 is 10.9 Å². The smallest absolute Gasteiger partial charge is 0.276 e. The minimum Gasteiger partial charge on any atom is -0.320 e. The van der Waals surface area contributed by atoms with Crippen LogP contribution in [0.1, 0.15) is 21.6 Å². The summed E-state index contributed by atoms with van der Waals surface area (Å²) in [7, 11) is 0. The topological polar surface area (TPSA) is 64.0 Å². The van der Waals surface area contributed by atoms with Crippen LogP contribution >= 0.6 is 0 Å². The second-order valence-corrected chi connectivity index (χ2v) is 6.68. The highest BCUT2D eigenvalue weighted by Crippen LogP contribution is 2.23. The predicted octanol–water partition coefficient (Wildman–Crippen LogP) is 4.01. The first-order valence-corrected chi connectivity index (χ1v) is 9.03. The molecule has 0 bridgehead atoms. The van der Waals surface area contributed by atoms with Gasteiger partial charge in [-0.3, -0.25) is 9.59 Å². The van der Waals surface area contributed by atoms with E-state index in [1.54, 1.807) is 0 Å². The van der Waals surface area contributed by atoms with Gasteiger partial charge in [0.05, 0.1) is 6.54 Å². The van der Waals surface area contributed by atoms with Crippen molar-refractivity contribution in [3.8, 4) is 0 Å². The molecule has 4 rings (SSSR count). The second-order valence-electron chi connectivity index (χ2n) is 6.68. The van der Waals surface area contributed by atoms with Gasteiger partial charge in [-0.1, -0.05) is 66.2 Å². The van der Waals surface area contributed by atoms with Crippen molar-refractivity contribution in [2.45, 2.75) is 13.5 Å². The maximum Gasteiger partial charge on any atom is 0.276 e. The molecule has 5 nitrogen and oxygen atoms in total. The summed E-state index contributed by atoms with van der Waals surface area (Å²) in [5.41, 5.74) is 2.75. The Labute approximate surface area is 162 Å². The van der Waals surface area contributed by atoms with E-state index in [9.17, 15) is 9.59 Å². The van der Waals surface area contributed by atoms with Gasteiger partial charge in [0, 0.05) is 17.1 Å². The van der Waals surface area contributed by atoms with Crippen molar-refractivity contribution < 1.29 is 4.79 Å². The molecule has 3 aromatic carbocycles. The number of rotatable bonds is 4. The van der Waals surface area contributed by atoms with Crippen molar-refractivity contribution in [1.82, 2.24) is 9.78 Å². The van der Waals surface area contributed by atoms with Crippen LogP contribution in [-0.2, 0) is 6.54 Å². The zero-order valence-electron chi connectivity index (χ0n) is 15.4. The van der Waals surface area contributed by atoms with Crippen LogP contribution in [0.15, 0.2) is 83.7 Å². The summed E-state index contributed by atoms with van der Waals surface area (Å²) >= 11 is 0. The Balaban J connectivity index is 1.61. The average molecular weight is 369 g/mol. The number of carbonyl (C=O) groups is 1. The van der Waals surface area contributed by atoms with Crippen molar-refractivity contribution in [3.05, 3.63) is 106 Å². The fourth-order valence-electron chi connectivity index (χ4n) is 3.07. The second kappa shape index (κ2) is 7.48. The molecule has 1 N–H and O–H groups in total. The molecule has 0 spiro atoms. The number of anilines is 1. The molecule has 138 valence electrons. The van der Waals surface area contributed by atoms with Crippen molar-refractivity contribution in [3.63, 3.8) is 0 Å². The highest BCUT2D eigenvalue weighted by Gasteiger charge is 2.12. The van der Waals surface area contributed by atoms with Gasteiger partial charge in [0.1, 0.15) is 5.69 Å². The molecule has 0 aliphatic carbocycles. The van der Waals surface area contributed by atoms with Crippen molar-refractivity contribution in [2.24, 2.45) is 0 Å². The van der Waals surface area contributed by atoms with Gasteiger partial charge >= 0.3 is 0 Å². The standard InChI is InChI=1S/C23H19N3O2/c1-16-9-11-17(12-10-16)15-26-22(27)14-13-21(25-26)23(28)24-20-8-4-6-18-5-2-3-7-19(18)20/h2-14H,15H2,1H3,(H,24,28). The number of nitrogens with zero attached hydrogens (tertiary/aromatic N) is 2. The Hall–Kier alpha value is -3.73. The van der Waals surface area contributed by atoms with Crippen LogP contribution in [0.4, 0.5) is 5.69 Å². The average Bonchev–Trinajstić information content (AvgIpc) is 2.71. The first-order chi connectivity index (χ1) is 13.6. The van der Waals surface area contributed by atoms with E-state index in [-0.39, 0.29) is 17.2 Å². The first kappa shape index (κ1) is 17.7. The highest BCUT2D eigenvalue weighted by atomic mass is 16.2. The van der Waals surface area contributed by atoms with Gasteiger partial charge in [-0.05, 0) is 30.0 Å². The maximum atomic E-state index is 12.7. The fraction of sp³-hybridized carbons (Fsp3) is 0.0870. The van der Waals surface area contributed by atoms with Gasteiger partial charge in [0.2, 0.25) is 0 Å². The van der Waals surface area contributed by atoms with E-state index in [4.69, 9.17) is 0 Å². The monoisotopic (exact) mass is 369 g/mol. The molecule has 1 amide bonds. The van der Waals surface area contributed by atoms with Crippen molar-refractivity contribution in [1.29, 1.82) is 0 Å². The third-order valence-corrected chi connectivity index (χ3v) is 4.59. The molecule has 0 unspecified atom stereocenters. The number of hydrogen-bond donors (Lipinski definition) is 1. The van der Waals surface area contributed by atoms with Crippen LogP contribution in [0.2, 0.25) is 0 Å². The molecule has 0 fully saturated rings. The van der Waals surface area contributed by atoms with E-state index in [2.05, 4.69) is 10.4 Å². The lowest BCUT2D eigenvalue weighted by Crippen LogP contribution is -2.26. The molecule has 4 aromatic rings. The van der Waals surface area contributed by atoms with Crippen molar-refractivity contribution >= 4 is 22.4 Å². The van der Waals surface area contributed by atoms with Gasteiger partial charge in [-0.15, -0.1) is 0 Å². The number of aryl methyl sites for hydroxylation is 1. The zero-order valence-corrected chi connectivity index (χ0v) is 15.4. The lowest BCUT2D eigenvalue weighted by atomic mass is 10.1. The van der Waals surface area contributed by atoms with Gasteiger partial charge < -0.3 is 5.32 Å². The summed E-state index contributed by atoms with van der Waals surface area (Å²) < 4.78 is 1.31. The van der Waals surface area contributed by atoms with Crippen molar-refractivity contribution in [2.75, 3.05) is 5.32 Å². The van der Waals surface area contributed by atoms with Crippen LogP contribution in [0, 0.1) is 6.92 Å². The SMILES string of the molecule is Cc1ccc(Cn2nc(C(=O)Nc3cccc4ccccc34)ccc2=O)cc1. The number of aromatic nitrogens is 2. The first-order valence-electron chi connectivity index (χ1n) is 9.03. The molecule has 1 aromatic heterocycles. The summed E-state index contributed by atoms with van der Waals surface area (Å²) in [6.07, 6.45) is 0. The zero-order chi connectivity index (χ0) is 19.5. The third-order valence-electron chi connectivity index (χ3n) is 4.59. The number of benzene rings is 3. The third kappa shape index (κ3) is 3.69.